The Hall–Kier alpha value is -1.56. The van der Waals surface area contributed by atoms with Crippen LogP contribution in [0.4, 0.5) is 4.39 Å². The van der Waals surface area contributed by atoms with Crippen LogP contribution in [0.3, 0.4) is 0 Å². The van der Waals surface area contributed by atoms with Gasteiger partial charge in [-0.3, -0.25) is 0 Å². The summed E-state index contributed by atoms with van der Waals surface area (Å²) in [7, 11) is 0. The third-order valence-electron chi connectivity index (χ3n) is 6.29. The van der Waals surface area contributed by atoms with E-state index in [-0.39, 0.29) is 5.56 Å². The van der Waals surface area contributed by atoms with Crippen molar-refractivity contribution in [3.8, 4) is 11.8 Å². The molecular weight excluding hydrogens is 349 g/mol. The Morgan fingerprint density at radius 3 is 2.25 bits per heavy atom. The molecule has 1 aromatic carbocycles. The molecule has 156 valence electrons. The first kappa shape index (κ1) is 22.7. The van der Waals surface area contributed by atoms with Crippen LogP contribution in [0.2, 0.25) is 0 Å². The van der Waals surface area contributed by atoms with Gasteiger partial charge in [0.25, 0.3) is 0 Å². The van der Waals surface area contributed by atoms with Crippen LogP contribution in [-0.4, -0.2) is 6.61 Å². The molecule has 0 heterocycles. The van der Waals surface area contributed by atoms with Gasteiger partial charge in [0, 0.05) is 6.07 Å². The zero-order valence-electron chi connectivity index (χ0n) is 17.7. The number of rotatable bonds is 13. The van der Waals surface area contributed by atoms with Crippen molar-refractivity contribution >= 4 is 0 Å². The average molecular weight is 388 g/mol. The molecule has 28 heavy (non-hydrogen) atoms. The van der Waals surface area contributed by atoms with Crippen LogP contribution in [0.25, 0.3) is 0 Å². The highest BCUT2D eigenvalue weighted by molar-refractivity contribution is 5.36. The maximum Gasteiger partial charge on any atom is 0.144 e. The van der Waals surface area contributed by atoms with Gasteiger partial charge in [-0.1, -0.05) is 84.0 Å². The molecule has 0 aromatic heterocycles. The number of hydrogen-bond acceptors (Lipinski definition) is 2. The van der Waals surface area contributed by atoms with Crippen molar-refractivity contribution in [3.05, 3.63) is 29.6 Å². The van der Waals surface area contributed by atoms with Gasteiger partial charge in [-0.05, 0) is 36.8 Å². The first-order chi connectivity index (χ1) is 13.7. The average Bonchev–Trinajstić information content (AvgIpc) is 2.71. The highest BCUT2D eigenvalue weighted by atomic mass is 19.1. The molecule has 1 aliphatic rings. The standard InChI is InChI=1S/C25H38FNO/c1-2-3-4-5-6-7-8-12-21-13-9-10-14-22(21)15-11-18-28-24-17-16-23(20-27)25(26)19-24/h16-17,19,21-22H,2-15,18H2,1H3. The van der Waals surface area contributed by atoms with Crippen molar-refractivity contribution in [2.75, 3.05) is 6.61 Å². The lowest BCUT2D eigenvalue weighted by molar-refractivity contribution is 0.190. The minimum Gasteiger partial charge on any atom is -0.493 e. The molecule has 2 rings (SSSR count). The third-order valence-corrected chi connectivity index (χ3v) is 6.29. The molecule has 1 aliphatic carbocycles. The molecule has 1 saturated carbocycles. The van der Waals surface area contributed by atoms with Gasteiger partial charge in [0.15, 0.2) is 0 Å². The van der Waals surface area contributed by atoms with E-state index in [0.717, 1.165) is 18.3 Å². The van der Waals surface area contributed by atoms with Crippen molar-refractivity contribution < 1.29 is 9.13 Å². The maximum atomic E-state index is 13.6. The highest BCUT2D eigenvalue weighted by Gasteiger charge is 2.24. The molecule has 2 atom stereocenters. The summed E-state index contributed by atoms with van der Waals surface area (Å²) in [6.45, 7) is 2.91. The van der Waals surface area contributed by atoms with Gasteiger partial charge in [-0.2, -0.15) is 5.26 Å². The van der Waals surface area contributed by atoms with Crippen LogP contribution in [0.5, 0.6) is 5.75 Å². The van der Waals surface area contributed by atoms with Gasteiger partial charge in [0.05, 0.1) is 12.2 Å². The first-order valence-electron chi connectivity index (χ1n) is 11.6. The zero-order valence-corrected chi connectivity index (χ0v) is 17.7. The van der Waals surface area contributed by atoms with Crippen LogP contribution in [-0.2, 0) is 0 Å². The van der Waals surface area contributed by atoms with E-state index in [1.54, 1.807) is 6.07 Å². The van der Waals surface area contributed by atoms with Crippen molar-refractivity contribution in [1.82, 2.24) is 0 Å². The van der Waals surface area contributed by atoms with Crippen molar-refractivity contribution in [2.45, 2.75) is 96.8 Å². The molecule has 3 heteroatoms. The van der Waals surface area contributed by atoms with E-state index in [2.05, 4.69) is 6.92 Å². The molecule has 0 amide bonds. The van der Waals surface area contributed by atoms with Crippen LogP contribution in [0.15, 0.2) is 18.2 Å². The van der Waals surface area contributed by atoms with Crippen molar-refractivity contribution in [2.24, 2.45) is 11.8 Å². The highest BCUT2D eigenvalue weighted by Crippen LogP contribution is 2.36. The number of unbranched alkanes of at least 4 members (excludes halogenated alkanes) is 6. The molecule has 2 nitrogen and oxygen atoms in total. The molecule has 2 unspecified atom stereocenters. The van der Waals surface area contributed by atoms with Gasteiger partial charge in [0.1, 0.15) is 17.6 Å². The SMILES string of the molecule is CCCCCCCCCC1CCCCC1CCCOc1ccc(C#N)c(F)c1. The lowest BCUT2D eigenvalue weighted by Crippen LogP contribution is -2.20. The summed E-state index contributed by atoms with van der Waals surface area (Å²) in [4.78, 5) is 0. The molecular formula is C25H38FNO. The number of nitrogens with zero attached hydrogens (tertiary/aromatic N) is 1. The minimum atomic E-state index is -0.498. The van der Waals surface area contributed by atoms with Gasteiger partial charge in [0.2, 0.25) is 0 Å². The summed E-state index contributed by atoms with van der Waals surface area (Å²) in [6.07, 6.45) is 18.9. The minimum absolute atomic E-state index is 0.0720. The van der Waals surface area contributed by atoms with E-state index in [0.29, 0.717) is 12.4 Å². The Morgan fingerprint density at radius 2 is 1.61 bits per heavy atom. The summed E-state index contributed by atoms with van der Waals surface area (Å²) in [6, 6.07) is 6.34. The Labute approximate surface area is 171 Å². The van der Waals surface area contributed by atoms with E-state index in [4.69, 9.17) is 10.00 Å². The fourth-order valence-electron chi connectivity index (χ4n) is 4.62. The Balaban J connectivity index is 1.62. The second-order valence-corrected chi connectivity index (χ2v) is 8.46. The number of benzene rings is 1. The van der Waals surface area contributed by atoms with Gasteiger partial charge in [-0.15, -0.1) is 0 Å². The van der Waals surface area contributed by atoms with Crippen LogP contribution in [0.1, 0.15) is 102 Å². The van der Waals surface area contributed by atoms with E-state index in [9.17, 15) is 4.39 Å². The maximum absolute atomic E-state index is 13.6. The van der Waals surface area contributed by atoms with E-state index in [1.165, 1.54) is 95.6 Å². The van der Waals surface area contributed by atoms with E-state index in [1.807, 2.05) is 6.07 Å². The lowest BCUT2D eigenvalue weighted by atomic mass is 9.74. The largest absolute Gasteiger partial charge is 0.493 e. The predicted molar refractivity (Wildman–Crippen MR) is 114 cm³/mol. The van der Waals surface area contributed by atoms with E-state index < -0.39 is 5.82 Å². The topological polar surface area (TPSA) is 33.0 Å². The summed E-state index contributed by atoms with van der Waals surface area (Å²) in [5.41, 5.74) is 0.0720. The van der Waals surface area contributed by atoms with Crippen LogP contribution in [0, 0.1) is 29.0 Å². The van der Waals surface area contributed by atoms with Gasteiger partial charge in [-0.25, -0.2) is 4.39 Å². The summed E-state index contributed by atoms with van der Waals surface area (Å²) >= 11 is 0. The summed E-state index contributed by atoms with van der Waals surface area (Å²) in [5, 5.41) is 8.79. The van der Waals surface area contributed by atoms with E-state index >= 15 is 0 Å². The van der Waals surface area contributed by atoms with Crippen molar-refractivity contribution in [1.29, 1.82) is 5.26 Å². The molecule has 1 aromatic rings. The predicted octanol–water partition coefficient (Wildman–Crippen LogP) is 7.80. The molecule has 0 bridgehead atoms. The summed E-state index contributed by atoms with van der Waals surface area (Å²) in [5.74, 6) is 1.77. The molecule has 0 saturated heterocycles. The second-order valence-electron chi connectivity index (χ2n) is 8.46. The number of nitriles is 1. The third kappa shape index (κ3) is 8.21. The number of hydrogen-bond donors (Lipinski definition) is 0. The fourth-order valence-corrected chi connectivity index (χ4v) is 4.62. The Morgan fingerprint density at radius 1 is 0.964 bits per heavy atom. The van der Waals surface area contributed by atoms with Crippen LogP contribution >= 0.6 is 0 Å². The summed E-state index contributed by atoms with van der Waals surface area (Å²) < 4.78 is 19.3. The molecule has 0 radical (unpaired) electrons. The smallest absolute Gasteiger partial charge is 0.144 e. The molecule has 0 aliphatic heterocycles. The first-order valence-corrected chi connectivity index (χ1v) is 11.6. The quantitative estimate of drug-likeness (QED) is 0.323. The lowest BCUT2D eigenvalue weighted by Gasteiger charge is -2.32. The van der Waals surface area contributed by atoms with Crippen LogP contribution < -0.4 is 4.74 Å². The molecule has 1 fully saturated rings. The zero-order chi connectivity index (χ0) is 20.0. The van der Waals surface area contributed by atoms with Gasteiger partial charge < -0.3 is 4.74 Å². The number of ether oxygens (including phenoxy) is 1. The fraction of sp³-hybridized carbons (Fsp3) is 0.720. The Bertz CT molecular complexity index is 595. The normalized spacial score (nSPS) is 19.3. The van der Waals surface area contributed by atoms with Gasteiger partial charge >= 0.3 is 0 Å². The molecule has 0 spiro atoms. The number of halogens is 1. The monoisotopic (exact) mass is 387 g/mol. The van der Waals surface area contributed by atoms with Crippen molar-refractivity contribution in [3.63, 3.8) is 0 Å². The Kier molecular flexibility index (Phi) is 11.0. The molecule has 0 N–H and O–H groups in total. The second kappa shape index (κ2) is 13.6.